The highest BCUT2D eigenvalue weighted by Crippen LogP contribution is 2.37. The van der Waals surface area contributed by atoms with Gasteiger partial charge in [-0.1, -0.05) is 18.2 Å². The van der Waals surface area contributed by atoms with E-state index < -0.39 is 15.6 Å². The molecule has 0 aromatic heterocycles. The molecule has 7 nitrogen and oxygen atoms in total. The van der Waals surface area contributed by atoms with Crippen molar-refractivity contribution < 1.29 is 18.3 Å². The molecule has 1 fully saturated rings. The fraction of sp³-hybridized carbons (Fsp3) is 0.556. The van der Waals surface area contributed by atoms with E-state index in [2.05, 4.69) is 21.0 Å². The summed E-state index contributed by atoms with van der Waals surface area (Å²) in [5, 5.41) is 14.9. The van der Waals surface area contributed by atoms with Crippen LogP contribution in [-0.2, 0) is 22.0 Å². The van der Waals surface area contributed by atoms with Gasteiger partial charge >= 0.3 is 0 Å². The van der Waals surface area contributed by atoms with Crippen LogP contribution in [0.1, 0.15) is 42.4 Å². The van der Waals surface area contributed by atoms with Crippen LogP contribution in [0, 0.1) is 12.8 Å². The lowest BCUT2D eigenvalue weighted by atomic mass is 9.79. The number of aliphatic hydroxyl groups is 1. The molecule has 1 heterocycles. The average Bonchev–Trinajstić information content (AvgIpc) is 2.85. The summed E-state index contributed by atoms with van der Waals surface area (Å²) < 4.78 is 33.1. The van der Waals surface area contributed by atoms with Gasteiger partial charge in [-0.3, -0.25) is 0 Å². The Labute approximate surface area is 209 Å². The number of nitrogens with zero attached hydrogens (tertiary/aromatic N) is 1. The predicted molar refractivity (Wildman–Crippen MR) is 138 cm³/mol. The lowest BCUT2D eigenvalue weighted by molar-refractivity contribution is 0.0176. The van der Waals surface area contributed by atoms with Gasteiger partial charge in [-0.15, -0.1) is 0 Å². The largest absolute Gasteiger partial charge is 0.497 e. The molecule has 1 unspecified atom stereocenters. The maximum absolute atomic E-state index is 12.5. The SMILES string of the molecule is COc1ccc2c(c1)C(O)(CNCC1CCN(CCNS(=O)(=O)c3cccc(C)c3)CC1)CCC2. The zero-order valence-electron chi connectivity index (χ0n) is 20.9. The van der Waals surface area contributed by atoms with E-state index in [1.54, 1.807) is 25.3 Å². The molecule has 4 rings (SSSR count). The molecule has 0 bridgehead atoms. The first-order chi connectivity index (χ1) is 16.8. The maximum Gasteiger partial charge on any atom is 0.240 e. The van der Waals surface area contributed by atoms with Crippen molar-refractivity contribution in [2.45, 2.75) is 49.5 Å². The standard InChI is InChI=1S/C27H39N3O4S/c1-21-5-3-7-25(17-21)35(32,33)29-13-16-30-14-10-22(11-15-30)19-28-20-27(31)12-4-6-23-8-9-24(34-2)18-26(23)27/h3,5,7-9,17-18,22,28-29,31H,4,6,10-16,19-20H2,1-2H3. The number of likely N-dealkylation sites (tertiary alicyclic amines) is 1. The summed E-state index contributed by atoms with van der Waals surface area (Å²) in [6.07, 6.45) is 4.89. The van der Waals surface area contributed by atoms with Gasteiger partial charge in [0, 0.05) is 19.6 Å². The Balaban J connectivity index is 1.19. The highest BCUT2D eigenvalue weighted by atomic mass is 32.2. The number of benzene rings is 2. The van der Waals surface area contributed by atoms with E-state index in [-0.39, 0.29) is 0 Å². The first-order valence-electron chi connectivity index (χ1n) is 12.7. The van der Waals surface area contributed by atoms with E-state index in [4.69, 9.17) is 4.74 Å². The summed E-state index contributed by atoms with van der Waals surface area (Å²) in [7, 11) is -1.81. The topological polar surface area (TPSA) is 90.9 Å². The molecular weight excluding hydrogens is 462 g/mol. The molecule has 0 spiro atoms. The highest BCUT2D eigenvalue weighted by Gasteiger charge is 2.34. The zero-order chi connectivity index (χ0) is 24.9. The number of ether oxygens (including phenoxy) is 1. The lowest BCUT2D eigenvalue weighted by Crippen LogP contribution is -2.44. The van der Waals surface area contributed by atoms with Crippen LogP contribution < -0.4 is 14.8 Å². The smallest absolute Gasteiger partial charge is 0.240 e. The minimum atomic E-state index is -3.47. The average molecular weight is 502 g/mol. The number of methoxy groups -OCH3 is 1. The van der Waals surface area contributed by atoms with Gasteiger partial charge < -0.3 is 20.1 Å². The van der Waals surface area contributed by atoms with Crippen molar-refractivity contribution in [3.05, 3.63) is 59.2 Å². The monoisotopic (exact) mass is 501 g/mol. The van der Waals surface area contributed by atoms with Crippen LogP contribution in [0.25, 0.3) is 0 Å². The molecule has 1 aliphatic carbocycles. The summed E-state index contributed by atoms with van der Waals surface area (Å²) in [5.74, 6) is 1.35. The van der Waals surface area contributed by atoms with Gasteiger partial charge in [0.05, 0.1) is 12.0 Å². The van der Waals surface area contributed by atoms with E-state index in [0.29, 0.717) is 30.4 Å². The Kier molecular flexibility index (Phi) is 8.50. The van der Waals surface area contributed by atoms with Crippen LogP contribution in [0.2, 0.25) is 0 Å². The summed E-state index contributed by atoms with van der Waals surface area (Å²) >= 11 is 0. The Morgan fingerprint density at radius 1 is 1.17 bits per heavy atom. The normalized spacial score (nSPS) is 21.6. The number of aryl methyl sites for hydroxylation is 2. The second kappa shape index (κ2) is 11.4. The molecule has 0 amide bonds. The van der Waals surface area contributed by atoms with Crippen LogP contribution in [0.5, 0.6) is 5.75 Å². The van der Waals surface area contributed by atoms with Crippen molar-refractivity contribution in [3.8, 4) is 5.75 Å². The zero-order valence-corrected chi connectivity index (χ0v) is 21.7. The number of hydrogen-bond acceptors (Lipinski definition) is 6. The summed E-state index contributed by atoms with van der Waals surface area (Å²) in [5.41, 5.74) is 2.30. The maximum atomic E-state index is 12.5. The van der Waals surface area contributed by atoms with Crippen LogP contribution in [0.4, 0.5) is 0 Å². The summed E-state index contributed by atoms with van der Waals surface area (Å²) in [4.78, 5) is 2.65. The third-order valence-corrected chi connectivity index (χ3v) is 8.89. The predicted octanol–water partition coefficient (Wildman–Crippen LogP) is 2.81. The fourth-order valence-electron chi connectivity index (χ4n) is 5.32. The number of rotatable bonds is 10. The third-order valence-electron chi connectivity index (χ3n) is 7.43. The van der Waals surface area contributed by atoms with Crippen LogP contribution in [-0.4, -0.2) is 64.8 Å². The fourth-order valence-corrected chi connectivity index (χ4v) is 6.45. The second-order valence-electron chi connectivity index (χ2n) is 10.0. The molecule has 1 atom stereocenters. The molecule has 2 aliphatic rings. The van der Waals surface area contributed by atoms with Gasteiger partial charge in [0.25, 0.3) is 0 Å². The van der Waals surface area contributed by atoms with Crippen molar-refractivity contribution in [1.82, 2.24) is 14.9 Å². The number of hydrogen-bond donors (Lipinski definition) is 3. The van der Waals surface area contributed by atoms with Crippen LogP contribution in [0.3, 0.4) is 0 Å². The van der Waals surface area contributed by atoms with E-state index in [1.165, 1.54) is 5.56 Å². The molecule has 3 N–H and O–H groups in total. The molecule has 1 saturated heterocycles. The Morgan fingerprint density at radius 3 is 2.71 bits per heavy atom. The Morgan fingerprint density at radius 2 is 1.97 bits per heavy atom. The van der Waals surface area contributed by atoms with E-state index >= 15 is 0 Å². The van der Waals surface area contributed by atoms with E-state index in [1.807, 2.05) is 25.1 Å². The van der Waals surface area contributed by atoms with Gasteiger partial charge in [0.15, 0.2) is 0 Å². The first kappa shape index (κ1) is 26.1. The van der Waals surface area contributed by atoms with E-state index in [9.17, 15) is 13.5 Å². The number of sulfonamides is 1. The first-order valence-corrected chi connectivity index (χ1v) is 14.2. The number of nitrogens with one attached hydrogen (secondary N) is 2. The van der Waals surface area contributed by atoms with Gasteiger partial charge in [-0.2, -0.15) is 0 Å². The molecule has 192 valence electrons. The lowest BCUT2D eigenvalue weighted by Gasteiger charge is -2.36. The Bertz CT molecular complexity index is 1100. The molecular formula is C27H39N3O4S. The molecule has 2 aromatic carbocycles. The summed E-state index contributed by atoms with van der Waals surface area (Å²) in [6.45, 7) is 6.37. The van der Waals surface area contributed by atoms with Crippen molar-refractivity contribution in [1.29, 1.82) is 0 Å². The van der Waals surface area contributed by atoms with Gasteiger partial charge in [-0.25, -0.2) is 13.1 Å². The Hall–Kier alpha value is -1.97. The van der Waals surface area contributed by atoms with Crippen molar-refractivity contribution in [2.75, 3.05) is 46.4 Å². The minimum Gasteiger partial charge on any atom is -0.497 e. The van der Waals surface area contributed by atoms with E-state index in [0.717, 1.165) is 68.6 Å². The second-order valence-corrected chi connectivity index (χ2v) is 11.8. The highest BCUT2D eigenvalue weighted by molar-refractivity contribution is 7.89. The molecule has 2 aromatic rings. The van der Waals surface area contributed by atoms with Crippen molar-refractivity contribution in [2.24, 2.45) is 5.92 Å². The van der Waals surface area contributed by atoms with Gasteiger partial charge in [0.1, 0.15) is 11.4 Å². The van der Waals surface area contributed by atoms with Gasteiger partial charge in [0.2, 0.25) is 10.0 Å². The number of fused-ring (bicyclic) bond motifs is 1. The molecule has 0 saturated carbocycles. The van der Waals surface area contributed by atoms with Crippen molar-refractivity contribution >= 4 is 10.0 Å². The van der Waals surface area contributed by atoms with Gasteiger partial charge in [-0.05, 0) is 106 Å². The molecule has 0 radical (unpaired) electrons. The van der Waals surface area contributed by atoms with Crippen LogP contribution >= 0.6 is 0 Å². The number of piperidine rings is 1. The molecule has 8 heteroatoms. The quantitative estimate of drug-likeness (QED) is 0.464. The summed E-state index contributed by atoms with van der Waals surface area (Å²) in [6, 6.07) is 13.0. The molecule has 35 heavy (non-hydrogen) atoms. The third kappa shape index (κ3) is 6.62. The molecule has 1 aliphatic heterocycles. The minimum absolute atomic E-state index is 0.322. The van der Waals surface area contributed by atoms with Crippen molar-refractivity contribution in [3.63, 3.8) is 0 Å². The van der Waals surface area contributed by atoms with Crippen LogP contribution in [0.15, 0.2) is 47.4 Å².